The van der Waals surface area contributed by atoms with Crippen LogP contribution >= 0.6 is 12.2 Å². The molecule has 0 unspecified atom stereocenters. The van der Waals surface area contributed by atoms with E-state index >= 15 is 0 Å². The van der Waals surface area contributed by atoms with Gasteiger partial charge in [-0.05, 0) is 38.9 Å². The van der Waals surface area contributed by atoms with Crippen molar-refractivity contribution < 1.29 is 0 Å². The number of imidazole rings is 1. The van der Waals surface area contributed by atoms with E-state index in [2.05, 4.69) is 35.4 Å². The summed E-state index contributed by atoms with van der Waals surface area (Å²) in [5.41, 5.74) is 3.21. The van der Waals surface area contributed by atoms with Crippen LogP contribution in [0.5, 0.6) is 0 Å². The Hall–Kier alpha value is -1.10. The van der Waals surface area contributed by atoms with Gasteiger partial charge in [0.15, 0.2) is 10.4 Å². The molecule has 0 saturated carbocycles. The number of hydrogen-bond acceptors (Lipinski definition) is 2. The molecule has 5 heteroatoms. The number of aryl methyl sites for hydroxylation is 2. The smallest absolute Gasteiger partial charge is 0.179 e. The average molecular weight is 252 g/mol. The van der Waals surface area contributed by atoms with Crippen LogP contribution in [0.4, 0.5) is 0 Å². The predicted octanol–water partition coefficient (Wildman–Crippen LogP) is 3.28. The van der Waals surface area contributed by atoms with Gasteiger partial charge < -0.3 is 4.98 Å². The van der Waals surface area contributed by atoms with Crippen molar-refractivity contribution in [2.24, 2.45) is 7.05 Å². The van der Waals surface area contributed by atoms with E-state index in [0.717, 1.165) is 34.5 Å². The molecule has 2 heterocycles. The average Bonchev–Trinajstić information content (AvgIpc) is 2.77. The van der Waals surface area contributed by atoms with Crippen molar-refractivity contribution in [2.75, 3.05) is 0 Å². The number of aromatic amines is 1. The molecule has 0 saturated heterocycles. The minimum absolute atomic E-state index is 0.0512. The summed E-state index contributed by atoms with van der Waals surface area (Å²) < 4.78 is 4.93. The zero-order chi connectivity index (χ0) is 12.8. The molecule has 4 nitrogen and oxygen atoms in total. The zero-order valence-electron chi connectivity index (χ0n) is 11.2. The van der Waals surface area contributed by atoms with E-state index in [0.29, 0.717) is 0 Å². The summed E-state index contributed by atoms with van der Waals surface area (Å²) in [4.78, 5) is 3.28. The van der Waals surface area contributed by atoms with E-state index in [1.54, 1.807) is 0 Å². The monoisotopic (exact) mass is 252 g/mol. The molecule has 0 atom stereocenters. The molecule has 0 radical (unpaired) electrons. The number of aromatic nitrogens is 4. The highest BCUT2D eigenvalue weighted by Gasteiger charge is 2.27. The molecule has 2 aromatic heterocycles. The number of hydrogen-bond donors (Lipinski definition) is 1. The van der Waals surface area contributed by atoms with Crippen LogP contribution in [-0.2, 0) is 12.6 Å². The van der Waals surface area contributed by atoms with Crippen LogP contribution in [0.15, 0.2) is 0 Å². The number of H-pyrrole nitrogens is 1. The van der Waals surface area contributed by atoms with Crippen LogP contribution in [0.1, 0.15) is 39.3 Å². The molecule has 0 aliphatic heterocycles. The van der Waals surface area contributed by atoms with Crippen LogP contribution < -0.4 is 0 Å². The molecule has 0 amide bonds. The summed E-state index contributed by atoms with van der Waals surface area (Å²) in [6.45, 7) is 8.66. The van der Waals surface area contributed by atoms with E-state index in [-0.39, 0.29) is 5.54 Å². The third-order valence-electron chi connectivity index (χ3n) is 3.90. The Balaban J connectivity index is 2.85. The lowest BCUT2D eigenvalue weighted by molar-refractivity contribution is 0.295. The normalized spacial score (nSPS) is 12.5. The van der Waals surface area contributed by atoms with Gasteiger partial charge in [-0.2, -0.15) is 5.10 Å². The minimum atomic E-state index is 0.0512. The summed E-state index contributed by atoms with van der Waals surface area (Å²) >= 11 is 5.47. The van der Waals surface area contributed by atoms with Crippen molar-refractivity contribution in [2.45, 2.75) is 46.1 Å². The number of rotatable bonds is 3. The standard InChI is InChI=1S/C12H20N4S/c1-6-12(4,7-2)16-10-9(13-11(16)17)8(3)14-15(10)5/h6-7H2,1-5H3,(H,13,17). The summed E-state index contributed by atoms with van der Waals surface area (Å²) in [6, 6.07) is 0. The third kappa shape index (κ3) is 1.64. The number of nitrogens with one attached hydrogen (secondary N) is 1. The predicted molar refractivity (Wildman–Crippen MR) is 72.9 cm³/mol. The Morgan fingerprint density at radius 2 is 1.94 bits per heavy atom. The van der Waals surface area contributed by atoms with E-state index in [4.69, 9.17) is 12.2 Å². The highest BCUT2D eigenvalue weighted by Crippen LogP contribution is 2.30. The van der Waals surface area contributed by atoms with Gasteiger partial charge in [-0.1, -0.05) is 13.8 Å². The van der Waals surface area contributed by atoms with E-state index in [1.165, 1.54) is 0 Å². The lowest BCUT2D eigenvalue weighted by Gasteiger charge is -2.29. The highest BCUT2D eigenvalue weighted by atomic mass is 32.1. The van der Waals surface area contributed by atoms with E-state index in [9.17, 15) is 0 Å². The second kappa shape index (κ2) is 3.98. The van der Waals surface area contributed by atoms with Gasteiger partial charge in [0.05, 0.1) is 5.69 Å². The van der Waals surface area contributed by atoms with Gasteiger partial charge in [0, 0.05) is 12.6 Å². The lowest BCUT2D eigenvalue weighted by Crippen LogP contribution is -2.29. The molecule has 0 aromatic carbocycles. The van der Waals surface area contributed by atoms with E-state index < -0.39 is 0 Å². The second-order valence-electron chi connectivity index (χ2n) is 4.88. The van der Waals surface area contributed by atoms with Gasteiger partial charge in [0.2, 0.25) is 0 Å². The van der Waals surface area contributed by atoms with Crippen molar-refractivity contribution in [3.05, 3.63) is 10.5 Å². The Kier molecular flexibility index (Phi) is 2.89. The molecule has 17 heavy (non-hydrogen) atoms. The highest BCUT2D eigenvalue weighted by molar-refractivity contribution is 7.71. The first-order valence-electron chi connectivity index (χ1n) is 6.09. The number of nitrogens with zero attached hydrogens (tertiary/aromatic N) is 3. The first-order chi connectivity index (χ1) is 7.94. The molecular formula is C12H20N4S. The summed E-state index contributed by atoms with van der Waals surface area (Å²) in [5, 5.41) is 4.45. The molecule has 94 valence electrons. The molecule has 2 aromatic rings. The molecule has 0 fully saturated rings. The van der Waals surface area contributed by atoms with Crippen molar-refractivity contribution in [3.8, 4) is 0 Å². The summed E-state index contributed by atoms with van der Waals surface area (Å²) in [5.74, 6) is 0. The molecule has 0 bridgehead atoms. The van der Waals surface area contributed by atoms with Crippen molar-refractivity contribution in [1.29, 1.82) is 0 Å². The largest absolute Gasteiger partial charge is 0.328 e. The van der Waals surface area contributed by atoms with Crippen LogP contribution in [0.3, 0.4) is 0 Å². The molecular weight excluding hydrogens is 232 g/mol. The Bertz CT molecular complexity index is 598. The Morgan fingerprint density at radius 3 is 2.47 bits per heavy atom. The lowest BCUT2D eigenvalue weighted by atomic mass is 9.95. The summed E-state index contributed by atoms with van der Waals surface area (Å²) in [6.07, 6.45) is 2.10. The van der Waals surface area contributed by atoms with Crippen LogP contribution in [0, 0.1) is 11.7 Å². The maximum Gasteiger partial charge on any atom is 0.179 e. The van der Waals surface area contributed by atoms with Gasteiger partial charge in [-0.15, -0.1) is 0 Å². The molecule has 0 aliphatic rings. The van der Waals surface area contributed by atoms with Crippen LogP contribution in [0.25, 0.3) is 11.2 Å². The molecule has 2 rings (SSSR count). The maximum atomic E-state index is 5.47. The first kappa shape index (κ1) is 12.4. The van der Waals surface area contributed by atoms with Crippen LogP contribution in [-0.4, -0.2) is 19.3 Å². The quantitative estimate of drug-likeness (QED) is 0.851. The maximum absolute atomic E-state index is 5.47. The Morgan fingerprint density at radius 1 is 1.35 bits per heavy atom. The van der Waals surface area contributed by atoms with Gasteiger partial charge >= 0.3 is 0 Å². The van der Waals surface area contributed by atoms with Crippen molar-refractivity contribution in [3.63, 3.8) is 0 Å². The fraction of sp³-hybridized carbons (Fsp3) is 0.667. The minimum Gasteiger partial charge on any atom is -0.328 e. The van der Waals surface area contributed by atoms with Gasteiger partial charge in [-0.3, -0.25) is 9.25 Å². The third-order valence-corrected chi connectivity index (χ3v) is 4.19. The topological polar surface area (TPSA) is 38.5 Å². The fourth-order valence-corrected chi connectivity index (χ4v) is 2.78. The summed E-state index contributed by atoms with van der Waals surface area (Å²) in [7, 11) is 1.97. The zero-order valence-corrected chi connectivity index (χ0v) is 12.0. The molecule has 0 aliphatic carbocycles. The van der Waals surface area contributed by atoms with Gasteiger partial charge in [0.25, 0.3) is 0 Å². The van der Waals surface area contributed by atoms with Crippen molar-refractivity contribution in [1.82, 2.24) is 19.3 Å². The first-order valence-corrected chi connectivity index (χ1v) is 6.50. The van der Waals surface area contributed by atoms with Crippen molar-refractivity contribution >= 4 is 23.4 Å². The molecule has 1 N–H and O–H groups in total. The Labute approximate surface area is 107 Å². The molecule has 0 spiro atoms. The second-order valence-corrected chi connectivity index (χ2v) is 5.26. The number of fused-ring (bicyclic) bond motifs is 1. The van der Waals surface area contributed by atoms with Crippen LogP contribution in [0.2, 0.25) is 0 Å². The fourth-order valence-electron chi connectivity index (χ4n) is 2.37. The van der Waals surface area contributed by atoms with Gasteiger partial charge in [-0.25, -0.2) is 0 Å². The SMILES string of the molecule is CCC(C)(CC)n1c(=S)[nH]c2c(C)nn(C)c21. The van der Waals surface area contributed by atoms with E-state index in [1.807, 2.05) is 18.7 Å². The van der Waals surface area contributed by atoms with Gasteiger partial charge in [0.1, 0.15) is 5.52 Å².